The van der Waals surface area contributed by atoms with Crippen molar-refractivity contribution in [2.24, 2.45) is 4.99 Å². The van der Waals surface area contributed by atoms with Gasteiger partial charge in [0.05, 0.1) is 5.69 Å². The predicted molar refractivity (Wildman–Crippen MR) is 70.4 cm³/mol. The van der Waals surface area contributed by atoms with E-state index in [1.165, 1.54) is 43.8 Å². The minimum absolute atomic E-state index is 1.02. The van der Waals surface area contributed by atoms with Crippen molar-refractivity contribution in [3.05, 3.63) is 28.2 Å². The van der Waals surface area contributed by atoms with Gasteiger partial charge in [0, 0.05) is 24.0 Å². The molecule has 3 heteroatoms. The summed E-state index contributed by atoms with van der Waals surface area (Å²) in [6, 6.07) is 6.40. The van der Waals surface area contributed by atoms with E-state index in [2.05, 4.69) is 39.0 Å². The van der Waals surface area contributed by atoms with Crippen LogP contribution in [0.1, 0.15) is 24.8 Å². The average Bonchev–Trinajstić information content (AvgIpc) is 2.73. The van der Waals surface area contributed by atoms with E-state index in [0.717, 1.165) is 16.6 Å². The summed E-state index contributed by atoms with van der Waals surface area (Å²) in [5.41, 5.74) is 2.51. The van der Waals surface area contributed by atoms with E-state index in [-0.39, 0.29) is 0 Å². The van der Waals surface area contributed by atoms with E-state index in [4.69, 9.17) is 4.99 Å². The van der Waals surface area contributed by atoms with Crippen molar-refractivity contribution >= 4 is 27.5 Å². The first-order valence-corrected chi connectivity index (χ1v) is 6.73. The zero-order chi connectivity index (χ0) is 11.0. The van der Waals surface area contributed by atoms with E-state index in [1.807, 2.05) is 0 Å². The summed E-state index contributed by atoms with van der Waals surface area (Å²) in [5.74, 6) is 1.27. The fourth-order valence-electron chi connectivity index (χ4n) is 2.47. The Labute approximate surface area is 104 Å². The number of nitrogens with zero attached hydrogens (tertiary/aromatic N) is 2. The molecule has 0 spiro atoms. The number of likely N-dealkylation sites (tertiary alicyclic amines) is 1. The van der Waals surface area contributed by atoms with Gasteiger partial charge in [0.15, 0.2) is 0 Å². The van der Waals surface area contributed by atoms with Crippen LogP contribution in [0.2, 0.25) is 0 Å². The SMILES string of the molecule is Brc1ccc2c(c1)N=C(N1CCCCC1)C2. The fourth-order valence-corrected chi connectivity index (χ4v) is 2.82. The first kappa shape index (κ1) is 10.3. The van der Waals surface area contributed by atoms with E-state index in [1.54, 1.807) is 0 Å². The second-order valence-corrected chi connectivity index (χ2v) is 5.44. The zero-order valence-corrected chi connectivity index (χ0v) is 10.8. The van der Waals surface area contributed by atoms with Gasteiger partial charge in [0.25, 0.3) is 0 Å². The normalized spacial score (nSPS) is 19.6. The maximum atomic E-state index is 4.75. The highest BCUT2D eigenvalue weighted by Gasteiger charge is 2.21. The standard InChI is InChI=1S/C13H15BrN2/c14-11-5-4-10-8-13(15-12(10)9-11)16-6-2-1-3-7-16/h4-5,9H,1-3,6-8H2. The Morgan fingerprint density at radius 2 is 1.94 bits per heavy atom. The van der Waals surface area contributed by atoms with Gasteiger partial charge < -0.3 is 4.90 Å². The summed E-state index contributed by atoms with van der Waals surface area (Å²) >= 11 is 3.50. The topological polar surface area (TPSA) is 15.6 Å². The lowest BCUT2D eigenvalue weighted by Gasteiger charge is -2.28. The van der Waals surface area contributed by atoms with Crippen LogP contribution in [0.5, 0.6) is 0 Å². The lowest BCUT2D eigenvalue weighted by atomic mass is 10.1. The molecule has 0 aromatic heterocycles. The van der Waals surface area contributed by atoms with Crippen LogP contribution in [0.4, 0.5) is 5.69 Å². The minimum atomic E-state index is 1.02. The van der Waals surface area contributed by atoms with Crippen LogP contribution >= 0.6 is 15.9 Å². The lowest BCUT2D eigenvalue weighted by Crippen LogP contribution is -2.35. The Kier molecular flexibility index (Phi) is 2.72. The molecule has 3 rings (SSSR count). The number of hydrogen-bond acceptors (Lipinski definition) is 2. The molecule has 84 valence electrons. The fraction of sp³-hybridized carbons (Fsp3) is 0.462. The molecule has 0 radical (unpaired) electrons. The summed E-state index contributed by atoms with van der Waals surface area (Å²) < 4.78 is 1.12. The van der Waals surface area contributed by atoms with Crippen LogP contribution in [-0.4, -0.2) is 23.8 Å². The largest absolute Gasteiger partial charge is 0.360 e. The first-order chi connectivity index (χ1) is 7.83. The van der Waals surface area contributed by atoms with Crippen LogP contribution in [-0.2, 0) is 6.42 Å². The molecule has 1 saturated heterocycles. The molecule has 0 aliphatic carbocycles. The molecule has 1 aromatic rings. The Bertz CT molecular complexity index is 434. The van der Waals surface area contributed by atoms with Crippen molar-refractivity contribution in [1.29, 1.82) is 0 Å². The van der Waals surface area contributed by atoms with Crippen LogP contribution in [0.25, 0.3) is 0 Å². The van der Waals surface area contributed by atoms with Gasteiger partial charge in [-0.3, -0.25) is 0 Å². The van der Waals surface area contributed by atoms with Gasteiger partial charge in [-0.05, 0) is 37.0 Å². The summed E-state index contributed by atoms with van der Waals surface area (Å²) in [4.78, 5) is 7.20. The third-order valence-electron chi connectivity index (χ3n) is 3.37. The maximum absolute atomic E-state index is 4.75. The predicted octanol–water partition coefficient (Wildman–Crippen LogP) is 3.52. The molecule has 2 heterocycles. The van der Waals surface area contributed by atoms with Crippen molar-refractivity contribution in [3.8, 4) is 0 Å². The maximum Gasteiger partial charge on any atom is 0.109 e. The van der Waals surface area contributed by atoms with Gasteiger partial charge in [-0.1, -0.05) is 22.0 Å². The monoisotopic (exact) mass is 278 g/mol. The third kappa shape index (κ3) is 1.88. The third-order valence-corrected chi connectivity index (χ3v) is 3.86. The lowest BCUT2D eigenvalue weighted by molar-refractivity contribution is 0.339. The molecule has 2 nitrogen and oxygen atoms in total. The van der Waals surface area contributed by atoms with Gasteiger partial charge in [-0.25, -0.2) is 4.99 Å². The van der Waals surface area contributed by atoms with Crippen molar-refractivity contribution in [3.63, 3.8) is 0 Å². The number of rotatable bonds is 0. The molecule has 0 N–H and O–H groups in total. The van der Waals surface area contributed by atoms with Crippen LogP contribution in [0.3, 0.4) is 0 Å². The Hall–Kier alpha value is -0.830. The van der Waals surface area contributed by atoms with Crippen LogP contribution in [0.15, 0.2) is 27.7 Å². The van der Waals surface area contributed by atoms with E-state index >= 15 is 0 Å². The van der Waals surface area contributed by atoms with Crippen molar-refractivity contribution in [2.45, 2.75) is 25.7 Å². The van der Waals surface area contributed by atoms with Gasteiger partial charge in [0.2, 0.25) is 0 Å². The molecular formula is C13H15BrN2. The second kappa shape index (κ2) is 4.21. The van der Waals surface area contributed by atoms with E-state index in [9.17, 15) is 0 Å². The second-order valence-electron chi connectivity index (χ2n) is 4.53. The molecule has 0 unspecified atom stereocenters. The van der Waals surface area contributed by atoms with Gasteiger partial charge in [0.1, 0.15) is 5.84 Å². The van der Waals surface area contributed by atoms with Gasteiger partial charge in [-0.15, -0.1) is 0 Å². The molecule has 16 heavy (non-hydrogen) atoms. The van der Waals surface area contributed by atoms with Crippen molar-refractivity contribution < 1.29 is 0 Å². The Morgan fingerprint density at radius 3 is 2.75 bits per heavy atom. The van der Waals surface area contributed by atoms with Crippen LogP contribution in [0, 0.1) is 0 Å². The van der Waals surface area contributed by atoms with Crippen molar-refractivity contribution in [2.75, 3.05) is 13.1 Å². The summed E-state index contributed by atoms with van der Waals surface area (Å²) in [6.45, 7) is 2.38. The number of amidine groups is 1. The number of benzene rings is 1. The van der Waals surface area contributed by atoms with E-state index in [0.29, 0.717) is 0 Å². The molecule has 0 atom stereocenters. The summed E-state index contributed by atoms with van der Waals surface area (Å²) in [5, 5.41) is 0. The molecule has 1 aromatic carbocycles. The number of halogens is 1. The molecule has 1 fully saturated rings. The molecular weight excluding hydrogens is 264 g/mol. The molecule has 0 saturated carbocycles. The molecule has 2 aliphatic rings. The Morgan fingerprint density at radius 1 is 1.12 bits per heavy atom. The van der Waals surface area contributed by atoms with Crippen LogP contribution < -0.4 is 0 Å². The minimum Gasteiger partial charge on any atom is -0.360 e. The molecule has 0 bridgehead atoms. The van der Waals surface area contributed by atoms with E-state index < -0.39 is 0 Å². The van der Waals surface area contributed by atoms with Crippen molar-refractivity contribution in [1.82, 2.24) is 4.90 Å². The quantitative estimate of drug-likeness (QED) is 0.709. The number of aliphatic imine (C=N–C) groups is 1. The Balaban J connectivity index is 1.83. The highest BCUT2D eigenvalue weighted by Crippen LogP contribution is 2.31. The summed E-state index contributed by atoms with van der Waals surface area (Å²) in [6.07, 6.45) is 5.03. The summed E-state index contributed by atoms with van der Waals surface area (Å²) in [7, 11) is 0. The number of fused-ring (bicyclic) bond motifs is 1. The average molecular weight is 279 g/mol. The van der Waals surface area contributed by atoms with Gasteiger partial charge in [-0.2, -0.15) is 0 Å². The highest BCUT2D eigenvalue weighted by atomic mass is 79.9. The zero-order valence-electron chi connectivity index (χ0n) is 9.25. The highest BCUT2D eigenvalue weighted by molar-refractivity contribution is 9.10. The van der Waals surface area contributed by atoms with Gasteiger partial charge >= 0.3 is 0 Å². The molecule has 0 amide bonds. The molecule has 2 aliphatic heterocycles. The smallest absolute Gasteiger partial charge is 0.109 e. The first-order valence-electron chi connectivity index (χ1n) is 5.94. The number of hydrogen-bond donors (Lipinski definition) is 0. The number of piperidine rings is 1.